The summed E-state index contributed by atoms with van der Waals surface area (Å²) in [5.41, 5.74) is 0.953. The van der Waals surface area contributed by atoms with Gasteiger partial charge in [0.2, 0.25) is 0 Å². The number of hydrogen-bond acceptors (Lipinski definition) is 11. The molecule has 12 nitrogen and oxygen atoms in total. The molecule has 200 valence electrons. The van der Waals surface area contributed by atoms with Crippen molar-refractivity contribution in [3.63, 3.8) is 0 Å². The lowest BCUT2D eigenvalue weighted by atomic mass is 9.81. The molecule has 0 fully saturated rings. The number of fused-ring (bicyclic) bond motifs is 1. The number of nitrogens with one attached hydrogen (secondary N) is 1. The van der Waals surface area contributed by atoms with Crippen LogP contribution in [-0.2, 0) is 19.1 Å². The molecule has 4 rings (SSSR count). The molecule has 0 atom stereocenters. The number of carbonyl (C=O) groups excluding carboxylic acids is 2. The minimum atomic E-state index is -1.11. The van der Waals surface area contributed by atoms with Crippen LogP contribution in [0, 0.1) is 10.1 Å². The van der Waals surface area contributed by atoms with Gasteiger partial charge in [0.25, 0.3) is 0 Å². The quantitative estimate of drug-likeness (QED) is 0.252. The first kappa shape index (κ1) is 26.9. The van der Waals surface area contributed by atoms with Crippen LogP contribution in [0.15, 0.2) is 40.9 Å². The summed E-state index contributed by atoms with van der Waals surface area (Å²) >= 11 is 7.43. The number of esters is 2. The third-order valence-corrected chi connectivity index (χ3v) is 7.24. The average molecular weight is 563 g/mol. The van der Waals surface area contributed by atoms with E-state index in [4.69, 9.17) is 30.5 Å². The van der Waals surface area contributed by atoms with E-state index in [0.717, 1.165) is 11.3 Å². The predicted octanol–water partition coefficient (Wildman–Crippen LogP) is 4.22. The normalized spacial score (nSPS) is 14.0. The lowest BCUT2D eigenvalue weighted by molar-refractivity contribution is -0.385. The molecule has 1 N–H and O–H groups in total. The Morgan fingerprint density at radius 2 is 1.61 bits per heavy atom. The number of imidazole rings is 1. The molecule has 0 spiro atoms. The van der Waals surface area contributed by atoms with Crippen molar-refractivity contribution in [1.82, 2.24) is 14.7 Å². The molecule has 3 heterocycles. The van der Waals surface area contributed by atoms with Gasteiger partial charge in [0.15, 0.2) is 10.7 Å². The number of rotatable bonds is 7. The van der Waals surface area contributed by atoms with Crippen LogP contribution < -0.4 is 14.8 Å². The number of nitro benzene ring substituents is 1. The monoisotopic (exact) mass is 562 g/mol. The van der Waals surface area contributed by atoms with Gasteiger partial charge < -0.3 is 24.3 Å². The summed E-state index contributed by atoms with van der Waals surface area (Å²) in [5, 5.41) is 15.4. The minimum Gasteiger partial charge on any atom is -0.496 e. The largest absolute Gasteiger partial charge is 0.496 e. The van der Waals surface area contributed by atoms with Crippen molar-refractivity contribution in [1.29, 1.82) is 0 Å². The Morgan fingerprint density at radius 3 is 2.11 bits per heavy atom. The smallest absolute Gasteiger partial charge is 0.336 e. The first-order valence-electron chi connectivity index (χ1n) is 11.0. The van der Waals surface area contributed by atoms with Gasteiger partial charge >= 0.3 is 17.6 Å². The molecule has 0 amide bonds. The second kappa shape index (κ2) is 10.3. The number of ether oxygens (including phenoxy) is 4. The fourth-order valence-electron chi connectivity index (χ4n) is 4.62. The van der Waals surface area contributed by atoms with E-state index in [1.807, 2.05) is 0 Å². The second-order valence-corrected chi connectivity index (χ2v) is 9.74. The van der Waals surface area contributed by atoms with Crippen molar-refractivity contribution in [2.24, 2.45) is 0 Å². The van der Waals surface area contributed by atoms with Crippen LogP contribution in [0.3, 0.4) is 0 Å². The van der Waals surface area contributed by atoms with Gasteiger partial charge in [0, 0.05) is 17.6 Å². The predicted molar refractivity (Wildman–Crippen MR) is 139 cm³/mol. The Labute approximate surface area is 225 Å². The summed E-state index contributed by atoms with van der Waals surface area (Å²) in [4.78, 5) is 43.0. The summed E-state index contributed by atoms with van der Waals surface area (Å²) < 4.78 is 22.9. The van der Waals surface area contributed by atoms with E-state index >= 15 is 0 Å². The molecule has 0 saturated heterocycles. The maximum absolute atomic E-state index is 13.1. The molecule has 0 aliphatic carbocycles. The highest BCUT2D eigenvalue weighted by molar-refractivity contribution is 7.20. The second-order valence-electron chi connectivity index (χ2n) is 8.10. The van der Waals surface area contributed by atoms with Gasteiger partial charge in [0.05, 0.1) is 56.1 Å². The Hall–Kier alpha value is -4.10. The number of dihydropyridines is 1. The number of aromatic nitrogens is 2. The first-order chi connectivity index (χ1) is 18.1. The van der Waals surface area contributed by atoms with Crippen LogP contribution in [0.2, 0.25) is 4.34 Å². The van der Waals surface area contributed by atoms with Gasteiger partial charge in [0.1, 0.15) is 21.3 Å². The molecule has 0 unspecified atom stereocenters. The van der Waals surface area contributed by atoms with Crippen molar-refractivity contribution in [2.45, 2.75) is 19.8 Å². The Bertz CT molecular complexity index is 1520. The summed E-state index contributed by atoms with van der Waals surface area (Å²) in [7, 11) is 5.10. The van der Waals surface area contributed by atoms with E-state index in [-0.39, 0.29) is 39.6 Å². The van der Waals surface area contributed by atoms with Gasteiger partial charge in [-0.15, -0.1) is 0 Å². The Morgan fingerprint density at radius 1 is 1.05 bits per heavy atom. The van der Waals surface area contributed by atoms with Crippen molar-refractivity contribution >= 4 is 45.5 Å². The molecule has 1 aliphatic heterocycles. The standard InChI is InChI=1S/C24H23ClN4O8S/c1-10-15(22(30)36-5)18(16(11(2)26-10)23(31)37-6)21-19(27-24-28(21)9-14(25)38-24)17-12(34-3)7-8-13(35-4)20(17)29(32)33/h7-9,18,26H,1-6H3. The van der Waals surface area contributed by atoms with E-state index in [0.29, 0.717) is 20.7 Å². The fourth-order valence-corrected chi connectivity index (χ4v) is 5.65. The molecular formula is C24H23ClN4O8S. The number of nitrogens with zero attached hydrogens (tertiary/aromatic N) is 3. The number of methoxy groups -OCH3 is 4. The summed E-state index contributed by atoms with van der Waals surface area (Å²) in [5.74, 6) is -2.45. The van der Waals surface area contributed by atoms with Crippen molar-refractivity contribution in [3.8, 4) is 22.8 Å². The van der Waals surface area contributed by atoms with Gasteiger partial charge in [-0.2, -0.15) is 0 Å². The number of benzene rings is 1. The molecule has 2 aromatic heterocycles. The van der Waals surface area contributed by atoms with Gasteiger partial charge in [-0.05, 0) is 26.0 Å². The SMILES string of the molecule is COC(=O)C1=C(C)NC(C)=C(C(=O)OC)C1c1c(-c2c(OC)ccc(OC)c2[N+](=O)[O-])nc2sc(Cl)cn12. The summed E-state index contributed by atoms with van der Waals surface area (Å²) in [6.07, 6.45) is 1.56. The Kier molecular flexibility index (Phi) is 7.33. The van der Waals surface area contributed by atoms with Crippen LogP contribution >= 0.6 is 22.9 Å². The van der Waals surface area contributed by atoms with E-state index < -0.39 is 28.5 Å². The number of thiazole rings is 1. The molecule has 0 radical (unpaired) electrons. The van der Waals surface area contributed by atoms with E-state index in [9.17, 15) is 19.7 Å². The number of hydrogen-bond donors (Lipinski definition) is 1. The summed E-state index contributed by atoms with van der Waals surface area (Å²) in [6, 6.07) is 2.92. The third-order valence-electron chi connectivity index (χ3n) is 6.14. The molecular weight excluding hydrogens is 540 g/mol. The molecule has 3 aromatic rings. The molecule has 0 bridgehead atoms. The first-order valence-corrected chi connectivity index (χ1v) is 12.2. The lowest BCUT2D eigenvalue weighted by Gasteiger charge is -2.30. The van der Waals surface area contributed by atoms with Gasteiger partial charge in [-0.3, -0.25) is 14.5 Å². The number of allylic oxidation sites excluding steroid dienone is 2. The van der Waals surface area contributed by atoms with Crippen LogP contribution in [-0.4, -0.2) is 54.7 Å². The zero-order valence-corrected chi connectivity index (χ0v) is 22.8. The van der Waals surface area contributed by atoms with Crippen molar-refractivity contribution in [2.75, 3.05) is 28.4 Å². The zero-order chi connectivity index (χ0) is 27.9. The molecule has 38 heavy (non-hydrogen) atoms. The van der Waals surface area contributed by atoms with E-state index in [1.165, 1.54) is 40.6 Å². The number of halogens is 1. The zero-order valence-electron chi connectivity index (χ0n) is 21.2. The van der Waals surface area contributed by atoms with E-state index in [2.05, 4.69) is 10.3 Å². The Balaban J connectivity index is 2.22. The molecule has 14 heteroatoms. The molecule has 1 aliphatic rings. The average Bonchev–Trinajstić information content (AvgIpc) is 3.41. The van der Waals surface area contributed by atoms with Crippen LogP contribution in [0.25, 0.3) is 16.2 Å². The van der Waals surface area contributed by atoms with Crippen LogP contribution in [0.5, 0.6) is 11.5 Å². The highest BCUT2D eigenvalue weighted by Gasteiger charge is 2.43. The van der Waals surface area contributed by atoms with Gasteiger partial charge in [-0.1, -0.05) is 22.9 Å². The third kappa shape index (κ3) is 4.23. The molecule has 1 aromatic carbocycles. The minimum absolute atomic E-state index is 0.00106. The van der Waals surface area contributed by atoms with Gasteiger partial charge in [-0.25, -0.2) is 14.6 Å². The van der Waals surface area contributed by atoms with Crippen molar-refractivity contribution in [3.05, 3.63) is 61.0 Å². The summed E-state index contributed by atoms with van der Waals surface area (Å²) in [6.45, 7) is 3.31. The lowest BCUT2D eigenvalue weighted by Crippen LogP contribution is -2.32. The highest BCUT2D eigenvalue weighted by atomic mass is 35.5. The van der Waals surface area contributed by atoms with Crippen LogP contribution in [0.4, 0.5) is 5.69 Å². The number of carbonyl (C=O) groups is 2. The van der Waals surface area contributed by atoms with Crippen LogP contribution in [0.1, 0.15) is 25.5 Å². The maximum Gasteiger partial charge on any atom is 0.336 e. The molecule has 0 saturated carbocycles. The maximum atomic E-state index is 13.1. The van der Waals surface area contributed by atoms with Crippen molar-refractivity contribution < 1.29 is 33.5 Å². The number of nitro groups is 1. The fraction of sp³-hybridized carbons (Fsp3) is 0.292. The highest BCUT2D eigenvalue weighted by Crippen LogP contribution is 2.50. The van der Waals surface area contributed by atoms with E-state index in [1.54, 1.807) is 24.4 Å². The topological polar surface area (TPSA) is 144 Å².